The predicted octanol–water partition coefficient (Wildman–Crippen LogP) is 2.17. The van der Waals surface area contributed by atoms with Crippen LogP contribution in [-0.4, -0.2) is 22.4 Å². The second-order valence-electron chi connectivity index (χ2n) is 4.92. The van der Waals surface area contributed by atoms with E-state index in [-0.39, 0.29) is 12.3 Å². The van der Waals surface area contributed by atoms with Gasteiger partial charge in [0.25, 0.3) is 0 Å². The Morgan fingerprint density at radius 1 is 1.30 bits per heavy atom. The summed E-state index contributed by atoms with van der Waals surface area (Å²) in [6.07, 6.45) is 0.0333. The highest BCUT2D eigenvalue weighted by atomic mass is 16.6. The minimum absolute atomic E-state index is 0.0333. The van der Waals surface area contributed by atoms with Crippen molar-refractivity contribution in [2.75, 3.05) is 0 Å². The van der Waals surface area contributed by atoms with Gasteiger partial charge in [0.2, 0.25) is 5.91 Å². The Bertz CT molecular complexity index is 757. The van der Waals surface area contributed by atoms with Gasteiger partial charge >= 0.3 is 11.9 Å². The van der Waals surface area contributed by atoms with Crippen molar-refractivity contribution < 1.29 is 19.1 Å². The van der Waals surface area contributed by atoms with E-state index in [4.69, 9.17) is 0 Å². The van der Waals surface area contributed by atoms with Gasteiger partial charge in [-0.25, -0.2) is 0 Å². The lowest BCUT2D eigenvalue weighted by Crippen LogP contribution is -2.10. The fourth-order valence-corrected chi connectivity index (χ4v) is 2.93. The summed E-state index contributed by atoms with van der Waals surface area (Å²) in [6.45, 7) is 3.26. The zero-order valence-electron chi connectivity index (χ0n) is 11.2. The van der Waals surface area contributed by atoms with E-state index in [1.54, 1.807) is 11.5 Å². The van der Waals surface area contributed by atoms with E-state index in [1.165, 1.54) is 6.92 Å². The molecule has 0 aliphatic carbocycles. The van der Waals surface area contributed by atoms with Crippen LogP contribution >= 0.6 is 0 Å². The predicted molar refractivity (Wildman–Crippen MR) is 71.4 cm³/mol. The van der Waals surface area contributed by atoms with Crippen molar-refractivity contribution in [2.24, 2.45) is 0 Å². The van der Waals surface area contributed by atoms with Gasteiger partial charge in [-0.05, 0) is 18.6 Å². The average Bonchev–Trinajstić information content (AvgIpc) is 2.85. The summed E-state index contributed by atoms with van der Waals surface area (Å²) in [5, 5.41) is 0.817. The van der Waals surface area contributed by atoms with Crippen molar-refractivity contribution in [2.45, 2.75) is 26.2 Å². The number of rotatable bonds is 1. The van der Waals surface area contributed by atoms with Gasteiger partial charge in [0.1, 0.15) is 0 Å². The number of ether oxygens (including phenoxy) is 1. The van der Waals surface area contributed by atoms with Crippen molar-refractivity contribution in [1.29, 1.82) is 0 Å². The molecule has 1 fully saturated rings. The number of benzene rings is 1. The van der Waals surface area contributed by atoms with Crippen LogP contribution < -0.4 is 0 Å². The average molecular weight is 271 g/mol. The molecule has 1 atom stereocenters. The standard InChI is InChI=1S/C15H13NO4/c1-8-14(11-7-13(18)20-15(11)19)10-5-3-4-6-12(10)16(8)9(2)17/h3-6,11H,7H2,1-2H3. The molecule has 5 heteroatoms. The molecule has 3 rings (SSSR count). The molecule has 1 aromatic carbocycles. The number of carbonyl (C=O) groups is 3. The molecule has 0 saturated carbocycles. The minimum atomic E-state index is -0.618. The second kappa shape index (κ2) is 4.30. The third-order valence-electron chi connectivity index (χ3n) is 3.69. The molecule has 0 bridgehead atoms. The maximum Gasteiger partial charge on any atom is 0.321 e. The van der Waals surface area contributed by atoms with E-state index in [1.807, 2.05) is 24.3 Å². The van der Waals surface area contributed by atoms with Gasteiger partial charge in [0.05, 0.1) is 17.9 Å². The normalized spacial score (nSPS) is 18.6. The van der Waals surface area contributed by atoms with Crippen LogP contribution in [0.25, 0.3) is 10.9 Å². The first-order valence-corrected chi connectivity index (χ1v) is 6.36. The molecule has 0 radical (unpaired) electrons. The van der Waals surface area contributed by atoms with Crippen LogP contribution in [0.15, 0.2) is 24.3 Å². The monoisotopic (exact) mass is 271 g/mol. The Labute approximate surface area is 115 Å². The molecule has 1 unspecified atom stereocenters. The fourth-order valence-electron chi connectivity index (χ4n) is 2.93. The maximum absolute atomic E-state index is 11.8. The number of aromatic nitrogens is 1. The number of esters is 2. The quantitative estimate of drug-likeness (QED) is 0.589. The van der Waals surface area contributed by atoms with Crippen molar-refractivity contribution in [3.8, 4) is 0 Å². The van der Waals surface area contributed by atoms with E-state index >= 15 is 0 Å². The molecule has 0 amide bonds. The molecule has 0 spiro atoms. The van der Waals surface area contributed by atoms with Crippen LogP contribution in [0.1, 0.15) is 35.3 Å². The van der Waals surface area contributed by atoms with Gasteiger partial charge in [-0.2, -0.15) is 0 Å². The molecule has 1 saturated heterocycles. The molecule has 20 heavy (non-hydrogen) atoms. The highest BCUT2D eigenvalue weighted by molar-refractivity contribution is 6.03. The number of cyclic esters (lactones) is 2. The SMILES string of the molecule is CC(=O)n1c(C)c(C2CC(=O)OC2=O)c2ccccc21. The third-order valence-corrected chi connectivity index (χ3v) is 3.69. The van der Waals surface area contributed by atoms with E-state index in [0.29, 0.717) is 11.3 Å². The van der Waals surface area contributed by atoms with Crippen molar-refractivity contribution >= 4 is 28.7 Å². The first kappa shape index (κ1) is 12.6. The Hall–Kier alpha value is -2.43. The summed E-state index contributed by atoms with van der Waals surface area (Å²) in [5.41, 5.74) is 2.15. The number of nitrogens with zero attached hydrogens (tertiary/aromatic N) is 1. The van der Waals surface area contributed by atoms with E-state index in [9.17, 15) is 14.4 Å². The highest BCUT2D eigenvalue weighted by Gasteiger charge is 2.38. The van der Waals surface area contributed by atoms with Gasteiger partial charge in [0.15, 0.2) is 0 Å². The summed E-state index contributed by atoms with van der Waals surface area (Å²) < 4.78 is 6.20. The van der Waals surface area contributed by atoms with Crippen LogP contribution in [0.2, 0.25) is 0 Å². The molecule has 2 aromatic rings. The van der Waals surface area contributed by atoms with E-state index in [2.05, 4.69) is 4.74 Å². The summed E-state index contributed by atoms with van der Waals surface area (Å²) >= 11 is 0. The molecular formula is C15H13NO4. The summed E-state index contributed by atoms with van der Waals surface area (Å²) in [7, 11) is 0. The first-order chi connectivity index (χ1) is 9.50. The molecule has 102 valence electrons. The third kappa shape index (κ3) is 1.66. The largest absolute Gasteiger partial charge is 0.393 e. The summed E-state index contributed by atoms with van der Waals surface area (Å²) in [6, 6.07) is 7.36. The van der Waals surface area contributed by atoms with Crippen molar-refractivity contribution in [3.63, 3.8) is 0 Å². The maximum atomic E-state index is 11.8. The minimum Gasteiger partial charge on any atom is -0.393 e. The number of carbonyl (C=O) groups excluding carboxylic acids is 3. The first-order valence-electron chi connectivity index (χ1n) is 6.36. The van der Waals surface area contributed by atoms with Crippen molar-refractivity contribution in [1.82, 2.24) is 4.57 Å². The molecule has 1 aliphatic heterocycles. The molecule has 0 N–H and O–H groups in total. The topological polar surface area (TPSA) is 65.4 Å². The number of hydrogen-bond acceptors (Lipinski definition) is 4. The number of para-hydroxylation sites is 1. The summed E-state index contributed by atoms with van der Waals surface area (Å²) in [5.74, 6) is -1.79. The summed E-state index contributed by atoms with van der Waals surface area (Å²) in [4.78, 5) is 35.0. The Kier molecular flexibility index (Phi) is 2.71. The number of fused-ring (bicyclic) bond motifs is 1. The van der Waals surface area contributed by atoms with Gasteiger partial charge in [-0.15, -0.1) is 0 Å². The zero-order valence-corrected chi connectivity index (χ0v) is 11.2. The van der Waals surface area contributed by atoms with Crippen LogP contribution in [0.3, 0.4) is 0 Å². The lowest BCUT2D eigenvalue weighted by atomic mass is 9.95. The smallest absolute Gasteiger partial charge is 0.321 e. The lowest BCUT2D eigenvalue weighted by molar-refractivity contribution is -0.152. The highest BCUT2D eigenvalue weighted by Crippen LogP contribution is 2.37. The van der Waals surface area contributed by atoms with E-state index in [0.717, 1.165) is 10.9 Å². The Morgan fingerprint density at radius 2 is 2.00 bits per heavy atom. The Morgan fingerprint density at radius 3 is 2.60 bits per heavy atom. The van der Waals surface area contributed by atoms with E-state index < -0.39 is 17.9 Å². The molecular weight excluding hydrogens is 258 g/mol. The van der Waals surface area contributed by atoms with Crippen LogP contribution in [0.4, 0.5) is 0 Å². The van der Waals surface area contributed by atoms with Gasteiger partial charge in [-0.3, -0.25) is 19.0 Å². The fraction of sp³-hybridized carbons (Fsp3) is 0.267. The van der Waals surface area contributed by atoms with Gasteiger partial charge in [-0.1, -0.05) is 18.2 Å². The molecule has 1 aromatic heterocycles. The molecule has 5 nitrogen and oxygen atoms in total. The zero-order chi connectivity index (χ0) is 14.4. The number of hydrogen-bond donors (Lipinski definition) is 0. The second-order valence-corrected chi connectivity index (χ2v) is 4.92. The van der Waals surface area contributed by atoms with Gasteiger partial charge in [0, 0.05) is 18.0 Å². The Balaban J connectivity index is 2.31. The van der Waals surface area contributed by atoms with Gasteiger partial charge < -0.3 is 4.74 Å². The lowest BCUT2D eigenvalue weighted by Gasteiger charge is -2.06. The van der Waals surface area contributed by atoms with Crippen LogP contribution in [-0.2, 0) is 14.3 Å². The van der Waals surface area contributed by atoms with Crippen molar-refractivity contribution in [3.05, 3.63) is 35.5 Å². The molecule has 2 heterocycles. The van der Waals surface area contributed by atoms with Crippen LogP contribution in [0.5, 0.6) is 0 Å². The van der Waals surface area contributed by atoms with Crippen LogP contribution in [0, 0.1) is 6.92 Å². The molecule has 1 aliphatic rings.